The number of aromatic nitrogens is 5. The third-order valence-corrected chi connectivity index (χ3v) is 8.15. The largest absolute Gasteiger partial charge is 0.309 e. The summed E-state index contributed by atoms with van der Waals surface area (Å²) in [4.78, 5) is 23.1. The highest BCUT2D eigenvalue weighted by atomic mass is 32.2. The molecule has 6 nitrogen and oxygen atoms in total. The van der Waals surface area contributed by atoms with E-state index in [2.05, 4.69) is 28.7 Å². The number of hydrogen-bond acceptors (Lipinski definition) is 6. The van der Waals surface area contributed by atoms with Gasteiger partial charge in [0.2, 0.25) is 0 Å². The van der Waals surface area contributed by atoms with Crippen LogP contribution in [-0.2, 0) is 19.4 Å². The monoisotopic (exact) mass is 463 g/mol. The van der Waals surface area contributed by atoms with Crippen LogP contribution in [0.2, 0.25) is 0 Å². The minimum absolute atomic E-state index is 0.0259. The van der Waals surface area contributed by atoms with E-state index in [-0.39, 0.29) is 10.8 Å². The van der Waals surface area contributed by atoms with Crippen molar-refractivity contribution >= 4 is 33.3 Å². The Kier molecular flexibility index (Phi) is 5.73. The second kappa shape index (κ2) is 8.67. The van der Waals surface area contributed by atoms with Crippen LogP contribution in [0.15, 0.2) is 52.9 Å². The van der Waals surface area contributed by atoms with E-state index in [4.69, 9.17) is 4.98 Å². The van der Waals surface area contributed by atoms with Crippen LogP contribution in [0.25, 0.3) is 21.6 Å². The predicted octanol–water partition coefficient (Wildman–Crippen LogP) is 5.41. The number of aromatic amines is 1. The molecule has 0 amide bonds. The van der Waals surface area contributed by atoms with E-state index in [0.717, 1.165) is 46.0 Å². The standard InChI is InChI=1S/C24H25N5OS2/c1-4-12-29-21(16-8-6-5-7-9-16)27-28-24(29)31-15(3)20-25-22(30)19-17-11-10-14(2)13-18(17)32-23(19)26-20/h4-9,14-15H,1,10-13H2,2-3H3,(H,25,26,30). The number of thioether (sulfide) groups is 1. The van der Waals surface area contributed by atoms with E-state index >= 15 is 0 Å². The first-order valence-electron chi connectivity index (χ1n) is 10.9. The van der Waals surface area contributed by atoms with Gasteiger partial charge in [-0.25, -0.2) is 4.98 Å². The zero-order chi connectivity index (χ0) is 22.2. The summed E-state index contributed by atoms with van der Waals surface area (Å²) in [5.41, 5.74) is 2.19. The summed E-state index contributed by atoms with van der Waals surface area (Å²) >= 11 is 3.23. The van der Waals surface area contributed by atoms with Crippen LogP contribution in [0.3, 0.4) is 0 Å². The number of thiophene rings is 1. The number of benzene rings is 1. The second-order valence-electron chi connectivity index (χ2n) is 8.31. The quantitative estimate of drug-likeness (QED) is 0.306. The molecule has 0 aliphatic heterocycles. The van der Waals surface area contributed by atoms with E-state index in [1.54, 1.807) is 23.1 Å². The summed E-state index contributed by atoms with van der Waals surface area (Å²) in [5.74, 6) is 2.14. The molecule has 3 aromatic heterocycles. The lowest BCUT2D eigenvalue weighted by molar-refractivity contribution is 0.509. The van der Waals surface area contributed by atoms with Crippen molar-refractivity contribution in [3.05, 3.63) is 69.6 Å². The summed E-state index contributed by atoms with van der Waals surface area (Å²) in [6, 6.07) is 10.0. The molecule has 0 saturated heterocycles. The predicted molar refractivity (Wildman–Crippen MR) is 131 cm³/mol. The number of rotatable bonds is 6. The SMILES string of the molecule is C=CCn1c(SC(C)c2nc3sc4c(c3c(=O)[nH]2)CCC(C)C4)nnc1-c1ccccc1. The molecule has 8 heteroatoms. The maximum Gasteiger partial charge on any atom is 0.259 e. The number of hydrogen-bond donors (Lipinski definition) is 1. The van der Waals surface area contributed by atoms with Gasteiger partial charge in [0, 0.05) is 17.0 Å². The fraction of sp³-hybridized carbons (Fsp3) is 0.333. The van der Waals surface area contributed by atoms with Crippen LogP contribution in [0, 0.1) is 5.92 Å². The Hall–Kier alpha value is -2.71. The maximum absolute atomic E-state index is 13.0. The Morgan fingerprint density at radius 2 is 2.16 bits per heavy atom. The van der Waals surface area contributed by atoms with Gasteiger partial charge >= 0.3 is 0 Å². The molecule has 1 aliphatic carbocycles. The van der Waals surface area contributed by atoms with Gasteiger partial charge in [-0.15, -0.1) is 28.1 Å². The van der Waals surface area contributed by atoms with Crippen LogP contribution in [0.1, 0.15) is 41.8 Å². The lowest BCUT2D eigenvalue weighted by Crippen LogP contribution is -2.15. The van der Waals surface area contributed by atoms with Gasteiger partial charge in [-0.3, -0.25) is 9.36 Å². The fourth-order valence-corrected chi connectivity index (χ4v) is 6.55. The average molecular weight is 464 g/mol. The number of nitrogens with zero attached hydrogens (tertiary/aromatic N) is 4. The number of nitrogens with one attached hydrogen (secondary N) is 1. The highest BCUT2D eigenvalue weighted by Crippen LogP contribution is 2.38. The van der Waals surface area contributed by atoms with E-state index in [9.17, 15) is 4.79 Å². The van der Waals surface area contributed by atoms with Gasteiger partial charge in [-0.05, 0) is 37.7 Å². The van der Waals surface area contributed by atoms with E-state index in [0.29, 0.717) is 18.3 Å². The molecule has 2 unspecified atom stereocenters. The molecule has 1 aromatic carbocycles. The topological polar surface area (TPSA) is 76.5 Å². The minimum Gasteiger partial charge on any atom is -0.309 e. The Bertz CT molecular complexity index is 1340. The van der Waals surface area contributed by atoms with Gasteiger partial charge in [-0.2, -0.15) is 0 Å². The Labute approximate surface area is 194 Å². The highest BCUT2D eigenvalue weighted by molar-refractivity contribution is 7.99. The minimum atomic E-state index is -0.0819. The smallest absolute Gasteiger partial charge is 0.259 e. The molecule has 3 heterocycles. The van der Waals surface area contributed by atoms with Crippen LogP contribution in [0.4, 0.5) is 0 Å². The van der Waals surface area contributed by atoms with Crippen molar-refractivity contribution in [1.82, 2.24) is 24.7 Å². The molecule has 4 aromatic rings. The number of aryl methyl sites for hydroxylation is 1. The summed E-state index contributed by atoms with van der Waals surface area (Å²) in [6.45, 7) is 8.81. The molecular formula is C24H25N5OS2. The van der Waals surface area contributed by atoms with Crippen LogP contribution in [-0.4, -0.2) is 24.7 Å². The summed E-state index contributed by atoms with van der Waals surface area (Å²) < 4.78 is 2.05. The molecule has 0 saturated carbocycles. The Morgan fingerprint density at radius 1 is 1.34 bits per heavy atom. The Balaban J connectivity index is 1.48. The van der Waals surface area contributed by atoms with E-state index < -0.39 is 0 Å². The molecular weight excluding hydrogens is 438 g/mol. The van der Waals surface area contributed by atoms with E-state index in [1.807, 2.05) is 47.9 Å². The number of H-pyrrole nitrogens is 1. The van der Waals surface area contributed by atoms with Crippen molar-refractivity contribution < 1.29 is 0 Å². The molecule has 0 spiro atoms. The third-order valence-electron chi connectivity index (χ3n) is 5.91. The van der Waals surface area contributed by atoms with Crippen molar-refractivity contribution in [2.75, 3.05) is 0 Å². The molecule has 0 bridgehead atoms. The lowest BCUT2D eigenvalue weighted by Gasteiger charge is -2.17. The molecule has 0 radical (unpaired) electrons. The number of allylic oxidation sites excluding steroid dienone is 1. The summed E-state index contributed by atoms with van der Waals surface area (Å²) in [7, 11) is 0. The molecule has 1 aliphatic rings. The van der Waals surface area contributed by atoms with Crippen molar-refractivity contribution in [2.24, 2.45) is 5.92 Å². The fourth-order valence-electron chi connectivity index (χ4n) is 4.24. The van der Waals surface area contributed by atoms with Crippen molar-refractivity contribution in [3.8, 4) is 11.4 Å². The highest BCUT2D eigenvalue weighted by Gasteiger charge is 2.24. The normalized spacial score (nSPS) is 16.8. The van der Waals surface area contributed by atoms with Gasteiger partial charge in [-0.1, -0.05) is 55.1 Å². The molecule has 5 rings (SSSR count). The van der Waals surface area contributed by atoms with E-state index in [1.165, 1.54) is 10.4 Å². The van der Waals surface area contributed by atoms with Crippen LogP contribution >= 0.6 is 23.1 Å². The van der Waals surface area contributed by atoms with Crippen molar-refractivity contribution in [2.45, 2.75) is 50.1 Å². The molecule has 0 fully saturated rings. The maximum atomic E-state index is 13.0. The van der Waals surface area contributed by atoms with Crippen molar-refractivity contribution in [3.63, 3.8) is 0 Å². The van der Waals surface area contributed by atoms with Crippen LogP contribution < -0.4 is 5.56 Å². The molecule has 1 N–H and O–H groups in total. The first-order valence-corrected chi connectivity index (χ1v) is 12.6. The van der Waals surface area contributed by atoms with Gasteiger partial charge in [0.1, 0.15) is 10.7 Å². The van der Waals surface area contributed by atoms with Gasteiger partial charge in [0.05, 0.1) is 10.6 Å². The summed E-state index contributed by atoms with van der Waals surface area (Å²) in [6.07, 6.45) is 4.99. The third kappa shape index (κ3) is 3.82. The number of fused-ring (bicyclic) bond motifs is 3. The first kappa shape index (κ1) is 21.2. The molecule has 32 heavy (non-hydrogen) atoms. The summed E-state index contributed by atoms with van der Waals surface area (Å²) in [5, 5.41) is 10.3. The van der Waals surface area contributed by atoms with Gasteiger partial charge in [0.15, 0.2) is 11.0 Å². The van der Waals surface area contributed by atoms with Crippen LogP contribution in [0.5, 0.6) is 0 Å². The second-order valence-corrected chi connectivity index (χ2v) is 10.7. The van der Waals surface area contributed by atoms with Crippen molar-refractivity contribution in [1.29, 1.82) is 0 Å². The Morgan fingerprint density at radius 3 is 2.94 bits per heavy atom. The lowest BCUT2D eigenvalue weighted by atomic mass is 9.89. The first-order chi connectivity index (χ1) is 15.5. The molecule has 164 valence electrons. The zero-order valence-corrected chi connectivity index (χ0v) is 19.8. The average Bonchev–Trinajstić information content (AvgIpc) is 3.35. The molecule has 2 atom stereocenters. The van der Waals surface area contributed by atoms with Gasteiger partial charge in [0.25, 0.3) is 5.56 Å². The van der Waals surface area contributed by atoms with Gasteiger partial charge < -0.3 is 4.98 Å². The zero-order valence-electron chi connectivity index (χ0n) is 18.2.